The highest BCUT2D eigenvalue weighted by atomic mass is 16.7. The van der Waals surface area contributed by atoms with Gasteiger partial charge in [-0.25, -0.2) is 0 Å². The van der Waals surface area contributed by atoms with Crippen molar-refractivity contribution in [1.29, 1.82) is 0 Å². The Morgan fingerprint density at radius 3 is 0.800 bits per heavy atom. The smallest absolute Gasteiger partial charge is 0.146 e. The zero-order chi connectivity index (χ0) is 33.4. The Balaban J connectivity index is 5.58. The highest BCUT2D eigenvalue weighted by molar-refractivity contribution is 4.82. The van der Waals surface area contributed by atoms with Gasteiger partial charge in [0.25, 0.3) is 0 Å². The highest BCUT2D eigenvalue weighted by Gasteiger charge is 2.34. The predicted molar refractivity (Wildman–Crippen MR) is 179 cm³/mol. The molecule has 0 aliphatic heterocycles. The summed E-state index contributed by atoms with van der Waals surface area (Å²) < 4.78 is 61.7. The van der Waals surface area contributed by atoms with Crippen molar-refractivity contribution in [1.82, 2.24) is 0 Å². The third kappa shape index (κ3) is 22.7. The van der Waals surface area contributed by atoms with Crippen LogP contribution in [0.2, 0.25) is 0 Å². The second kappa shape index (κ2) is 33.5. The lowest BCUT2D eigenvalue weighted by molar-refractivity contribution is -0.194. The summed E-state index contributed by atoms with van der Waals surface area (Å²) >= 11 is 0. The van der Waals surface area contributed by atoms with Gasteiger partial charge in [0, 0.05) is 52.9 Å². The summed E-state index contributed by atoms with van der Waals surface area (Å²) in [6.07, 6.45) is 5.45. The number of hydrogen-bond donors (Lipinski definition) is 0. The lowest BCUT2D eigenvalue weighted by Gasteiger charge is -2.34. The van der Waals surface area contributed by atoms with Gasteiger partial charge in [-0.15, -0.1) is 0 Å². The van der Waals surface area contributed by atoms with E-state index in [1.807, 2.05) is 0 Å². The molecule has 10 nitrogen and oxygen atoms in total. The Bertz CT molecular complexity index is 537. The van der Waals surface area contributed by atoms with Crippen LogP contribution in [0.15, 0.2) is 0 Å². The largest absolute Gasteiger partial charge is 0.379 e. The van der Waals surface area contributed by atoms with Crippen LogP contribution in [-0.2, 0) is 47.4 Å². The molecule has 0 amide bonds. The van der Waals surface area contributed by atoms with Crippen molar-refractivity contribution >= 4 is 0 Å². The van der Waals surface area contributed by atoms with Crippen LogP contribution in [0, 0.1) is 0 Å². The molecule has 0 rings (SSSR count). The van der Waals surface area contributed by atoms with Crippen LogP contribution in [0.1, 0.15) is 107 Å². The summed E-state index contributed by atoms with van der Waals surface area (Å²) in [5, 5.41) is 0. The van der Waals surface area contributed by atoms with Crippen LogP contribution < -0.4 is 0 Å². The monoisotopic (exact) mass is 653 g/mol. The fraction of sp³-hybridized carbons (Fsp3) is 1.00. The molecule has 45 heavy (non-hydrogen) atoms. The fourth-order valence-electron chi connectivity index (χ4n) is 4.52. The first kappa shape index (κ1) is 44.6. The zero-order valence-electron chi connectivity index (χ0n) is 30.4. The molecule has 0 aromatic rings. The molecular formula is C35H72O10. The van der Waals surface area contributed by atoms with Crippen LogP contribution in [0.3, 0.4) is 0 Å². The molecule has 0 aromatic carbocycles. The maximum Gasteiger partial charge on any atom is 0.146 e. The molecule has 0 fully saturated rings. The maximum absolute atomic E-state index is 6.33. The van der Waals surface area contributed by atoms with E-state index in [4.69, 9.17) is 47.4 Å². The van der Waals surface area contributed by atoms with E-state index >= 15 is 0 Å². The van der Waals surface area contributed by atoms with E-state index in [0.717, 1.165) is 51.4 Å². The number of rotatable bonds is 36. The normalized spacial score (nSPS) is 16.0. The third-order valence-electron chi connectivity index (χ3n) is 6.63. The third-order valence-corrected chi connectivity index (χ3v) is 6.63. The summed E-state index contributed by atoms with van der Waals surface area (Å²) in [5.41, 5.74) is 0. The van der Waals surface area contributed by atoms with E-state index in [1.54, 1.807) is 0 Å². The predicted octanol–water partition coefficient (Wildman–Crippen LogP) is 6.60. The summed E-state index contributed by atoms with van der Waals surface area (Å²) in [7, 11) is 0. The Morgan fingerprint density at radius 1 is 0.289 bits per heavy atom. The van der Waals surface area contributed by atoms with Crippen LogP contribution >= 0.6 is 0 Å². The molecule has 10 heteroatoms. The standard InChI is InChI=1S/C35H72O10/c1-9-17-36-25-30(40-19-11-3)34(44-23-15-7)32(42-21-13-5)27-38-29-39-28-33(43-22-14-6)35(45-24-16-8)31(41-20-12-4)26-37-18-10-2/h30-35H,9-29H2,1-8H3. The van der Waals surface area contributed by atoms with Gasteiger partial charge in [0.15, 0.2) is 0 Å². The van der Waals surface area contributed by atoms with Crippen LogP contribution in [0.25, 0.3) is 0 Å². The quantitative estimate of drug-likeness (QED) is 0.0545. The Morgan fingerprint density at radius 2 is 0.533 bits per heavy atom. The topological polar surface area (TPSA) is 92.3 Å². The van der Waals surface area contributed by atoms with Crippen LogP contribution in [0.4, 0.5) is 0 Å². The number of ether oxygens (including phenoxy) is 10. The Kier molecular flexibility index (Phi) is 33.2. The van der Waals surface area contributed by atoms with E-state index in [0.29, 0.717) is 79.3 Å². The van der Waals surface area contributed by atoms with Crippen molar-refractivity contribution in [3.63, 3.8) is 0 Å². The summed E-state index contributed by atoms with van der Waals surface area (Å²) in [4.78, 5) is 0. The van der Waals surface area contributed by atoms with Gasteiger partial charge in [0.05, 0.1) is 26.4 Å². The second-order valence-corrected chi connectivity index (χ2v) is 11.3. The minimum absolute atomic E-state index is 0.0819. The molecule has 0 aromatic heterocycles. The average molecular weight is 653 g/mol. The van der Waals surface area contributed by atoms with E-state index in [-0.39, 0.29) is 43.4 Å². The van der Waals surface area contributed by atoms with E-state index in [2.05, 4.69) is 55.4 Å². The van der Waals surface area contributed by atoms with Gasteiger partial charge >= 0.3 is 0 Å². The first-order chi connectivity index (χ1) is 22.1. The van der Waals surface area contributed by atoms with Crippen LogP contribution in [-0.4, -0.2) is 123 Å². The Hall–Kier alpha value is -0.400. The molecule has 0 spiro atoms. The van der Waals surface area contributed by atoms with Gasteiger partial charge in [0.2, 0.25) is 0 Å². The van der Waals surface area contributed by atoms with Crippen molar-refractivity contribution in [2.75, 3.05) is 86.1 Å². The average Bonchev–Trinajstić information content (AvgIpc) is 3.05. The van der Waals surface area contributed by atoms with Gasteiger partial charge in [0.1, 0.15) is 43.4 Å². The highest BCUT2D eigenvalue weighted by Crippen LogP contribution is 2.18. The molecular weight excluding hydrogens is 580 g/mol. The summed E-state index contributed by atoms with van der Waals surface area (Å²) in [5.74, 6) is 0. The van der Waals surface area contributed by atoms with E-state index in [1.165, 1.54) is 0 Å². The maximum atomic E-state index is 6.33. The van der Waals surface area contributed by atoms with E-state index < -0.39 is 0 Å². The molecule has 0 aliphatic rings. The Labute approximate surface area is 276 Å². The van der Waals surface area contributed by atoms with Gasteiger partial charge in [-0.05, 0) is 51.4 Å². The van der Waals surface area contributed by atoms with Gasteiger partial charge in [-0.2, -0.15) is 0 Å². The van der Waals surface area contributed by atoms with Crippen molar-refractivity contribution < 1.29 is 47.4 Å². The minimum atomic E-state index is -0.331. The number of hydrogen-bond acceptors (Lipinski definition) is 10. The second-order valence-electron chi connectivity index (χ2n) is 11.3. The first-order valence-corrected chi connectivity index (χ1v) is 18.1. The molecule has 6 atom stereocenters. The molecule has 6 unspecified atom stereocenters. The first-order valence-electron chi connectivity index (χ1n) is 18.1. The minimum Gasteiger partial charge on any atom is -0.379 e. The van der Waals surface area contributed by atoms with Crippen molar-refractivity contribution in [2.45, 2.75) is 143 Å². The van der Waals surface area contributed by atoms with Crippen LogP contribution in [0.5, 0.6) is 0 Å². The molecule has 272 valence electrons. The SMILES string of the molecule is CCCOCC(OCCC)C(OCCC)C(COCOCC(OCCC)C(OCCC)C(COCCC)OCCC)OCCC. The van der Waals surface area contributed by atoms with E-state index in [9.17, 15) is 0 Å². The molecule has 0 aliphatic carbocycles. The fourth-order valence-corrected chi connectivity index (χ4v) is 4.52. The van der Waals surface area contributed by atoms with Crippen molar-refractivity contribution in [3.05, 3.63) is 0 Å². The zero-order valence-corrected chi connectivity index (χ0v) is 30.4. The summed E-state index contributed by atoms with van der Waals surface area (Å²) in [6, 6.07) is 0. The van der Waals surface area contributed by atoms with Gasteiger partial charge < -0.3 is 47.4 Å². The lowest BCUT2D eigenvalue weighted by atomic mass is 10.1. The summed E-state index contributed by atoms with van der Waals surface area (Å²) in [6.45, 7) is 23.4. The molecule has 0 saturated heterocycles. The lowest BCUT2D eigenvalue weighted by Crippen LogP contribution is -2.48. The molecule has 0 saturated carbocycles. The molecule has 0 heterocycles. The van der Waals surface area contributed by atoms with Gasteiger partial charge in [-0.1, -0.05) is 55.4 Å². The van der Waals surface area contributed by atoms with Gasteiger partial charge in [-0.3, -0.25) is 0 Å². The molecule has 0 radical (unpaired) electrons. The molecule has 0 bridgehead atoms. The van der Waals surface area contributed by atoms with Crippen molar-refractivity contribution in [3.8, 4) is 0 Å². The van der Waals surface area contributed by atoms with Crippen molar-refractivity contribution in [2.24, 2.45) is 0 Å². The molecule has 0 N–H and O–H groups in total.